The summed E-state index contributed by atoms with van der Waals surface area (Å²) in [5, 5.41) is 3.47. The number of halogens is 1. The number of aliphatic imine (C=N–C) groups is 1. The third kappa shape index (κ3) is 7.92. The van der Waals surface area contributed by atoms with Gasteiger partial charge in [0, 0.05) is 46.8 Å². The summed E-state index contributed by atoms with van der Waals surface area (Å²) in [5.41, 5.74) is 2.66. The molecule has 0 amide bonds. The van der Waals surface area contributed by atoms with Crippen molar-refractivity contribution in [3.63, 3.8) is 0 Å². The number of guanidine groups is 1. The van der Waals surface area contributed by atoms with Gasteiger partial charge in [0.2, 0.25) is 0 Å². The topological polar surface area (TPSA) is 40.1 Å². The van der Waals surface area contributed by atoms with E-state index < -0.39 is 0 Å². The fourth-order valence-electron chi connectivity index (χ4n) is 2.92. The highest BCUT2D eigenvalue weighted by atomic mass is 127. The third-order valence-electron chi connectivity index (χ3n) is 4.37. The Bertz CT molecular complexity index is 518. The molecule has 1 aromatic carbocycles. The van der Waals surface area contributed by atoms with Crippen LogP contribution >= 0.6 is 24.0 Å². The van der Waals surface area contributed by atoms with E-state index in [2.05, 4.69) is 58.3 Å². The summed E-state index contributed by atoms with van der Waals surface area (Å²) in [6.07, 6.45) is 2.39. The molecule has 2 rings (SSSR count). The van der Waals surface area contributed by atoms with Crippen molar-refractivity contribution in [2.45, 2.75) is 32.9 Å². The number of morpholine rings is 1. The highest BCUT2D eigenvalue weighted by Crippen LogP contribution is 2.10. The molecule has 0 bridgehead atoms. The van der Waals surface area contributed by atoms with Gasteiger partial charge in [0.1, 0.15) is 0 Å². The predicted octanol–water partition coefficient (Wildman–Crippen LogP) is 2.94. The second-order valence-electron chi connectivity index (χ2n) is 6.38. The van der Waals surface area contributed by atoms with Gasteiger partial charge in [0.15, 0.2) is 5.96 Å². The fraction of sp³-hybridized carbons (Fsp3) is 0.632. The second-order valence-corrected chi connectivity index (χ2v) is 6.38. The van der Waals surface area contributed by atoms with Gasteiger partial charge in [-0.15, -0.1) is 24.0 Å². The van der Waals surface area contributed by atoms with E-state index in [1.54, 1.807) is 0 Å². The first-order valence-electron chi connectivity index (χ1n) is 9.02. The van der Waals surface area contributed by atoms with E-state index in [9.17, 15) is 0 Å². The normalized spacial score (nSPS) is 15.6. The van der Waals surface area contributed by atoms with Crippen LogP contribution in [0.5, 0.6) is 0 Å². The van der Waals surface area contributed by atoms with Crippen molar-refractivity contribution >= 4 is 29.9 Å². The maximum atomic E-state index is 5.42. The minimum Gasteiger partial charge on any atom is -0.379 e. The van der Waals surface area contributed by atoms with Gasteiger partial charge in [-0.3, -0.25) is 9.89 Å². The summed E-state index contributed by atoms with van der Waals surface area (Å²) >= 11 is 0. The average molecular weight is 460 g/mol. The van der Waals surface area contributed by atoms with Gasteiger partial charge in [-0.05, 0) is 17.5 Å². The van der Waals surface area contributed by atoms with E-state index in [4.69, 9.17) is 4.74 Å². The Kier molecular flexibility index (Phi) is 11.1. The minimum atomic E-state index is 0. The van der Waals surface area contributed by atoms with Gasteiger partial charge in [-0.2, -0.15) is 0 Å². The summed E-state index contributed by atoms with van der Waals surface area (Å²) in [6.45, 7) is 8.80. The van der Waals surface area contributed by atoms with Gasteiger partial charge >= 0.3 is 0 Å². The van der Waals surface area contributed by atoms with Crippen LogP contribution in [-0.2, 0) is 17.8 Å². The van der Waals surface area contributed by atoms with Crippen molar-refractivity contribution in [3.8, 4) is 0 Å². The lowest BCUT2D eigenvalue weighted by molar-refractivity contribution is 0.0342. The van der Waals surface area contributed by atoms with Crippen molar-refractivity contribution in [3.05, 3.63) is 35.4 Å². The Balaban J connectivity index is 0.00000312. The molecular weight excluding hydrogens is 427 g/mol. The lowest BCUT2D eigenvalue weighted by Gasteiger charge is -2.26. The van der Waals surface area contributed by atoms with Gasteiger partial charge in [-0.1, -0.05) is 37.6 Å². The van der Waals surface area contributed by atoms with Crippen LogP contribution in [-0.4, -0.2) is 62.7 Å². The number of unbranched alkanes of at least 4 members (excludes halogenated alkanes) is 1. The molecule has 142 valence electrons. The van der Waals surface area contributed by atoms with Gasteiger partial charge < -0.3 is 15.0 Å². The van der Waals surface area contributed by atoms with Gasteiger partial charge in [-0.25, -0.2) is 0 Å². The summed E-state index contributed by atoms with van der Waals surface area (Å²) in [6, 6.07) is 8.83. The van der Waals surface area contributed by atoms with Crippen LogP contribution in [0.2, 0.25) is 0 Å². The monoisotopic (exact) mass is 460 g/mol. The Morgan fingerprint density at radius 2 is 2.00 bits per heavy atom. The second kappa shape index (κ2) is 12.5. The first-order valence-corrected chi connectivity index (χ1v) is 9.02. The molecular formula is C19H33IN4O. The quantitative estimate of drug-likeness (QED) is 0.386. The van der Waals surface area contributed by atoms with Gasteiger partial charge in [0.25, 0.3) is 0 Å². The molecule has 25 heavy (non-hydrogen) atoms. The molecule has 1 heterocycles. The molecule has 0 radical (unpaired) electrons. The molecule has 1 saturated heterocycles. The molecule has 0 spiro atoms. The number of hydrogen-bond donors (Lipinski definition) is 1. The van der Waals surface area contributed by atoms with E-state index in [1.165, 1.54) is 24.0 Å². The number of rotatable bonds is 7. The van der Waals surface area contributed by atoms with Crippen LogP contribution in [0.15, 0.2) is 29.3 Å². The molecule has 0 aliphatic carbocycles. The molecule has 0 unspecified atom stereocenters. The lowest BCUT2D eigenvalue weighted by Crippen LogP contribution is -2.39. The number of ether oxygens (including phenoxy) is 1. The minimum absolute atomic E-state index is 0. The molecule has 0 aromatic heterocycles. The van der Waals surface area contributed by atoms with Crippen molar-refractivity contribution < 1.29 is 4.74 Å². The standard InChI is InChI=1S/C19H32N4O.HI/c1-4-5-9-22(3)19(20-2)21-15-17-7-6-8-18(14-17)16-23-10-12-24-13-11-23;/h6-8,14H,4-5,9-13,15-16H2,1-3H3,(H,20,21);1H. The van der Waals surface area contributed by atoms with Crippen molar-refractivity contribution in [2.24, 2.45) is 4.99 Å². The van der Waals surface area contributed by atoms with Crippen molar-refractivity contribution in [1.82, 2.24) is 15.1 Å². The number of benzene rings is 1. The van der Waals surface area contributed by atoms with Crippen LogP contribution in [0.3, 0.4) is 0 Å². The molecule has 1 aliphatic heterocycles. The summed E-state index contributed by atoms with van der Waals surface area (Å²) in [4.78, 5) is 9.03. The van der Waals surface area contributed by atoms with E-state index in [0.717, 1.165) is 51.9 Å². The maximum Gasteiger partial charge on any atom is 0.193 e. The van der Waals surface area contributed by atoms with Crippen LogP contribution in [0.4, 0.5) is 0 Å². The molecule has 6 heteroatoms. The SMILES string of the molecule is CCCCN(C)C(=NC)NCc1cccc(CN2CCOCC2)c1.I. The zero-order valence-corrected chi connectivity index (χ0v) is 18.2. The van der Waals surface area contributed by atoms with Crippen LogP contribution < -0.4 is 5.32 Å². The Hall–Kier alpha value is -0.860. The highest BCUT2D eigenvalue weighted by molar-refractivity contribution is 14.0. The summed E-state index contributed by atoms with van der Waals surface area (Å²) in [5.74, 6) is 0.960. The van der Waals surface area contributed by atoms with Gasteiger partial charge in [0.05, 0.1) is 13.2 Å². The van der Waals surface area contributed by atoms with E-state index in [0.29, 0.717) is 0 Å². The molecule has 1 fully saturated rings. The van der Waals surface area contributed by atoms with Crippen LogP contribution in [0, 0.1) is 0 Å². The Labute approximate surface area is 169 Å². The molecule has 1 N–H and O–H groups in total. The van der Waals surface area contributed by atoms with E-state index >= 15 is 0 Å². The highest BCUT2D eigenvalue weighted by Gasteiger charge is 2.11. The maximum absolute atomic E-state index is 5.42. The molecule has 0 atom stereocenters. The van der Waals surface area contributed by atoms with Crippen molar-refractivity contribution in [1.29, 1.82) is 0 Å². The van der Waals surface area contributed by atoms with Crippen LogP contribution in [0.25, 0.3) is 0 Å². The van der Waals surface area contributed by atoms with E-state index in [1.807, 2.05) is 7.05 Å². The van der Waals surface area contributed by atoms with Crippen molar-refractivity contribution in [2.75, 3.05) is 46.9 Å². The number of nitrogens with zero attached hydrogens (tertiary/aromatic N) is 3. The first kappa shape index (κ1) is 22.2. The third-order valence-corrected chi connectivity index (χ3v) is 4.37. The summed E-state index contributed by atoms with van der Waals surface area (Å²) in [7, 11) is 3.94. The zero-order valence-electron chi connectivity index (χ0n) is 15.8. The molecule has 1 aromatic rings. The average Bonchev–Trinajstić information content (AvgIpc) is 2.61. The zero-order chi connectivity index (χ0) is 17.2. The largest absolute Gasteiger partial charge is 0.379 e. The molecule has 0 saturated carbocycles. The Morgan fingerprint density at radius 1 is 1.28 bits per heavy atom. The Morgan fingerprint density at radius 3 is 2.68 bits per heavy atom. The predicted molar refractivity (Wildman–Crippen MR) is 116 cm³/mol. The molecule has 1 aliphatic rings. The number of nitrogens with one attached hydrogen (secondary N) is 1. The van der Waals surface area contributed by atoms with E-state index in [-0.39, 0.29) is 24.0 Å². The molecule has 5 nitrogen and oxygen atoms in total. The summed E-state index contributed by atoms with van der Waals surface area (Å²) < 4.78 is 5.42. The first-order chi connectivity index (χ1) is 11.7. The number of hydrogen-bond acceptors (Lipinski definition) is 3. The van der Waals surface area contributed by atoms with Crippen LogP contribution in [0.1, 0.15) is 30.9 Å². The lowest BCUT2D eigenvalue weighted by atomic mass is 10.1. The fourth-order valence-corrected chi connectivity index (χ4v) is 2.92. The smallest absolute Gasteiger partial charge is 0.193 e.